The first-order valence-corrected chi connectivity index (χ1v) is 6.09. The summed E-state index contributed by atoms with van der Waals surface area (Å²) in [7, 11) is 1.68. The first-order valence-electron chi connectivity index (χ1n) is 5.71. The SMILES string of the molecule is Cn1ncc(Cl)c1C(NN)c1ccccc1OC(F)F. The molecule has 0 aliphatic carbocycles. The summed E-state index contributed by atoms with van der Waals surface area (Å²) in [6, 6.07) is 5.74. The second-order valence-electron chi connectivity index (χ2n) is 4.02. The third-order valence-corrected chi connectivity index (χ3v) is 3.12. The van der Waals surface area contributed by atoms with Crippen LogP contribution in [0, 0.1) is 0 Å². The van der Waals surface area contributed by atoms with E-state index < -0.39 is 12.7 Å². The van der Waals surface area contributed by atoms with E-state index >= 15 is 0 Å². The van der Waals surface area contributed by atoms with Crippen molar-refractivity contribution in [3.8, 4) is 5.75 Å². The van der Waals surface area contributed by atoms with Crippen molar-refractivity contribution in [2.24, 2.45) is 12.9 Å². The molecule has 0 spiro atoms. The molecule has 20 heavy (non-hydrogen) atoms. The van der Waals surface area contributed by atoms with E-state index in [0.717, 1.165) is 0 Å². The third kappa shape index (κ3) is 2.90. The molecule has 0 bridgehead atoms. The van der Waals surface area contributed by atoms with Gasteiger partial charge in [0.1, 0.15) is 5.75 Å². The van der Waals surface area contributed by atoms with Crippen LogP contribution >= 0.6 is 11.6 Å². The number of nitrogens with zero attached hydrogens (tertiary/aromatic N) is 2. The fraction of sp³-hybridized carbons (Fsp3) is 0.250. The Morgan fingerprint density at radius 2 is 2.10 bits per heavy atom. The van der Waals surface area contributed by atoms with E-state index in [4.69, 9.17) is 17.4 Å². The van der Waals surface area contributed by atoms with Gasteiger partial charge in [0.05, 0.1) is 23.0 Å². The van der Waals surface area contributed by atoms with Crippen LogP contribution in [-0.2, 0) is 7.05 Å². The number of rotatable bonds is 5. The van der Waals surface area contributed by atoms with Crippen LogP contribution < -0.4 is 16.0 Å². The number of benzene rings is 1. The van der Waals surface area contributed by atoms with Gasteiger partial charge in [0.25, 0.3) is 0 Å². The molecular formula is C12H13ClF2N4O. The highest BCUT2D eigenvalue weighted by Gasteiger charge is 2.23. The molecule has 1 aromatic carbocycles. The predicted molar refractivity (Wildman–Crippen MR) is 70.5 cm³/mol. The number of hydrogen-bond donors (Lipinski definition) is 2. The second kappa shape index (κ2) is 6.17. The van der Waals surface area contributed by atoms with Gasteiger partial charge in [0, 0.05) is 12.6 Å². The largest absolute Gasteiger partial charge is 0.434 e. The average molecular weight is 303 g/mol. The van der Waals surface area contributed by atoms with E-state index in [0.29, 0.717) is 16.3 Å². The van der Waals surface area contributed by atoms with Crippen molar-refractivity contribution in [1.82, 2.24) is 15.2 Å². The molecule has 0 radical (unpaired) electrons. The Balaban J connectivity index is 2.47. The lowest BCUT2D eigenvalue weighted by Crippen LogP contribution is -2.31. The number of hydrazine groups is 1. The second-order valence-corrected chi connectivity index (χ2v) is 4.42. The van der Waals surface area contributed by atoms with Gasteiger partial charge in [-0.2, -0.15) is 13.9 Å². The average Bonchev–Trinajstić information content (AvgIpc) is 2.73. The molecule has 5 nitrogen and oxygen atoms in total. The molecular weight excluding hydrogens is 290 g/mol. The van der Waals surface area contributed by atoms with Crippen molar-refractivity contribution in [1.29, 1.82) is 0 Å². The third-order valence-electron chi connectivity index (χ3n) is 2.82. The maximum Gasteiger partial charge on any atom is 0.387 e. The summed E-state index contributed by atoms with van der Waals surface area (Å²) < 4.78 is 30.9. The minimum Gasteiger partial charge on any atom is -0.434 e. The van der Waals surface area contributed by atoms with Crippen LogP contribution in [0.15, 0.2) is 30.5 Å². The zero-order valence-electron chi connectivity index (χ0n) is 10.6. The molecule has 1 heterocycles. The van der Waals surface area contributed by atoms with Crippen LogP contribution in [0.1, 0.15) is 17.3 Å². The number of aryl methyl sites for hydroxylation is 1. The molecule has 0 amide bonds. The summed E-state index contributed by atoms with van der Waals surface area (Å²) in [5.41, 5.74) is 3.55. The summed E-state index contributed by atoms with van der Waals surface area (Å²) >= 11 is 6.06. The van der Waals surface area contributed by atoms with Crippen molar-refractivity contribution in [2.45, 2.75) is 12.7 Å². The van der Waals surface area contributed by atoms with Gasteiger partial charge < -0.3 is 4.74 Å². The molecule has 0 saturated carbocycles. The van der Waals surface area contributed by atoms with Gasteiger partial charge in [-0.1, -0.05) is 29.8 Å². The van der Waals surface area contributed by atoms with Crippen molar-refractivity contribution < 1.29 is 13.5 Å². The standard InChI is InChI=1S/C12H13ClF2N4O/c1-19-11(8(13)6-17-19)10(18-16)7-4-2-3-5-9(7)20-12(14)15/h2-6,10,12,18H,16H2,1H3. The summed E-state index contributed by atoms with van der Waals surface area (Å²) in [6.45, 7) is -2.92. The molecule has 3 N–H and O–H groups in total. The highest BCUT2D eigenvalue weighted by atomic mass is 35.5. The van der Waals surface area contributed by atoms with E-state index in [1.165, 1.54) is 16.9 Å². The molecule has 1 aromatic heterocycles. The first-order chi connectivity index (χ1) is 9.54. The van der Waals surface area contributed by atoms with Crippen molar-refractivity contribution >= 4 is 11.6 Å². The summed E-state index contributed by atoms with van der Waals surface area (Å²) in [5, 5.41) is 4.38. The molecule has 108 valence electrons. The summed E-state index contributed by atoms with van der Waals surface area (Å²) in [5.74, 6) is 5.57. The zero-order valence-corrected chi connectivity index (χ0v) is 11.3. The van der Waals surface area contributed by atoms with E-state index in [1.54, 1.807) is 25.2 Å². The van der Waals surface area contributed by atoms with Crippen molar-refractivity contribution in [3.05, 3.63) is 46.7 Å². The Bertz CT molecular complexity index is 571. The molecule has 1 atom stereocenters. The molecule has 0 fully saturated rings. The van der Waals surface area contributed by atoms with Crippen LogP contribution in [0.4, 0.5) is 8.78 Å². The lowest BCUT2D eigenvalue weighted by Gasteiger charge is -2.20. The molecule has 2 rings (SSSR count). The van der Waals surface area contributed by atoms with E-state index in [1.807, 2.05) is 0 Å². The topological polar surface area (TPSA) is 65.1 Å². The highest BCUT2D eigenvalue weighted by Crippen LogP contribution is 2.33. The monoisotopic (exact) mass is 302 g/mol. The number of halogens is 3. The fourth-order valence-electron chi connectivity index (χ4n) is 1.98. The lowest BCUT2D eigenvalue weighted by molar-refractivity contribution is -0.0506. The maximum absolute atomic E-state index is 12.5. The summed E-state index contributed by atoms with van der Waals surface area (Å²) in [6.07, 6.45) is 1.46. The molecule has 0 aliphatic rings. The van der Waals surface area contributed by atoms with Gasteiger partial charge in [-0.25, -0.2) is 5.43 Å². The minimum atomic E-state index is -2.92. The van der Waals surface area contributed by atoms with E-state index in [-0.39, 0.29) is 5.75 Å². The number of ether oxygens (including phenoxy) is 1. The predicted octanol–water partition coefficient (Wildman–Crippen LogP) is 2.23. The van der Waals surface area contributed by atoms with E-state index in [2.05, 4.69) is 15.3 Å². The Morgan fingerprint density at radius 3 is 2.65 bits per heavy atom. The van der Waals surface area contributed by atoms with Gasteiger partial charge in [-0.3, -0.25) is 10.5 Å². The first kappa shape index (κ1) is 14.7. The van der Waals surface area contributed by atoms with Crippen LogP contribution in [0.2, 0.25) is 5.02 Å². The zero-order chi connectivity index (χ0) is 14.7. The number of nitrogens with one attached hydrogen (secondary N) is 1. The van der Waals surface area contributed by atoms with Gasteiger partial charge in [0.2, 0.25) is 0 Å². The maximum atomic E-state index is 12.5. The normalized spacial score (nSPS) is 12.7. The summed E-state index contributed by atoms with van der Waals surface area (Å²) in [4.78, 5) is 0. The Morgan fingerprint density at radius 1 is 1.40 bits per heavy atom. The quantitative estimate of drug-likeness (QED) is 0.656. The molecule has 8 heteroatoms. The van der Waals surface area contributed by atoms with Gasteiger partial charge in [0.15, 0.2) is 0 Å². The Kier molecular flexibility index (Phi) is 4.53. The van der Waals surface area contributed by atoms with Gasteiger partial charge in [-0.05, 0) is 6.07 Å². The molecule has 1 unspecified atom stereocenters. The molecule has 0 saturated heterocycles. The molecule has 0 aliphatic heterocycles. The van der Waals surface area contributed by atoms with Crippen molar-refractivity contribution in [3.63, 3.8) is 0 Å². The number of hydrogen-bond acceptors (Lipinski definition) is 4. The number of nitrogens with two attached hydrogens (primary N) is 1. The fourth-order valence-corrected chi connectivity index (χ4v) is 2.26. The number of para-hydroxylation sites is 1. The Labute approximate surface area is 119 Å². The van der Waals surface area contributed by atoms with Gasteiger partial charge >= 0.3 is 6.61 Å². The van der Waals surface area contributed by atoms with Crippen LogP contribution in [0.25, 0.3) is 0 Å². The van der Waals surface area contributed by atoms with Crippen LogP contribution in [-0.4, -0.2) is 16.4 Å². The van der Waals surface area contributed by atoms with Crippen LogP contribution in [0.3, 0.4) is 0 Å². The Hall–Kier alpha value is -1.70. The van der Waals surface area contributed by atoms with Gasteiger partial charge in [-0.15, -0.1) is 0 Å². The lowest BCUT2D eigenvalue weighted by atomic mass is 10.0. The minimum absolute atomic E-state index is 0.0303. The number of alkyl halides is 2. The van der Waals surface area contributed by atoms with Crippen molar-refractivity contribution in [2.75, 3.05) is 0 Å². The smallest absolute Gasteiger partial charge is 0.387 e. The van der Waals surface area contributed by atoms with E-state index in [9.17, 15) is 8.78 Å². The van der Waals surface area contributed by atoms with Crippen LogP contribution in [0.5, 0.6) is 5.75 Å². The molecule has 2 aromatic rings. The highest BCUT2D eigenvalue weighted by molar-refractivity contribution is 6.31. The number of aromatic nitrogens is 2.